The van der Waals surface area contributed by atoms with Gasteiger partial charge < -0.3 is 9.64 Å². The van der Waals surface area contributed by atoms with Gasteiger partial charge in [-0.3, -0.25) is 9.59 Å². The van der Waals surface area contributed by atoms with Crippen LogP contribution in [0.15, 0.2) is 78.9 Å². The van der Waals surface area contributed by atoms with Crippen LogP contribution in [-0.2, 0) is 20.9 Å². The van der Waals surface area contributed by atoms with Crippen LogP contribution >= 0.6 is 11.6 Å². The quantitative estimate of drug-likeness (QED) is 0.444. The number of hydrogen-bond acceptors (Lipinski definition) is 3. The number of rotatable bonds is 5. The fourth-order valence-electron chi connectivity index (χ4n) is 4.17. The van der Waals surface area contributed by atoms with Gasteiger partial charge in [0, 0.05) is 10.7 Å². The first-order valence-corrected chi connectivity index (χ1v) is 11.0. The average Bonchev–Trinajstić information content (AvgIpc) is 3.01. The molecule has 0 aliphatic carbocycles. The highest BCUT2D eigenvalue weighted by Gasteiger charge is 2.46. The standard InChI is InChI=1S/C27H26ClNO3/c1-27(2,3)32-26(31)23(19-13-15-20(28)16-14-19)24-21-11-7-8-12-22(21)29(25(24)30)17-18-9-5-4-6-10-18/h4-16,23-24H,17H2,1-3H3. The number of carbonyl (C=O) groups is 2. The van der Waals surface area contributed by atoms with Gasteiger partial charge >= 0.3 is 5.97 Å². The monoisotopic (exact) mass is 447 g/mol. The maximum Gasteiger partial charge on any atom is 0.315 e. The van der Waals surface area contributed by atoms with E-state index in [1.54, 1.807) is 29.2 Å². The van der Waals surface area contributed by atoms with E-state index in [-0.39, 0.29) is 5.91 Å². The Hall–Kier alpha value is -3.11. The molecule has 1 aliphatic rings. The molecule has 32 heavy (non-hydrogen) atoms. The third-order valence-corrected chi connectivity index (χ3v) is 5.75. The molecule has 1 amide bonds. The summed E-state index contributed by atoms with van der Waals surface area (Å²) < 4.78 is 5.77. The summed E-state index contributed by atoms with van der Waals surface area (Å²) in [5.41, 5.74) is 2.72. The predicted molar refractivity (Wildman–Crippen MR) is 127 cm³/mol. The lowest BCUT2D eigenvalue weighted by atomic mass is 9.82. The zero-order valence-electron chi connectivity index (χ0n) is 18.4. The minimum absolute atomic E-state index is 0.110. The summed E-state index contributed by atoms with van der Waals surface area (Å²) in [4.78, 5) is 29.0. The van der Waals surface area contributed by atoms with Crippen LogP contribution in [0.4, 0.5) is 5.69 Å². The lowest BCUT2D eigenvalue weighted by molar-refractivity contribution is -0.158. The fraction of sp³-hybridized carbons (Fsp3) is 0.259. The van der Waals surface area contributed by atoms with Crippen LogP contribution in [0, 0.1) is 0 Å². The number of halogens is 1. The Balaban J connectivity index is 1.78. The molecule has 3 aromatic rings. The predicted octanol–water partition coefficient (Wildman–Crippen LogP) is 6.10. The number of ether oxygens (including phenoxy) is 1. The van der Waals surface area contributed by atoms with Crippen molar-refractivity contribution in [2.75, 3.05) is 4.90 Å². The summed E-state index contributed by atoms with van der Waals surface area (Å²) in [7, 11) is 0. The number of nitrogens with zero attached hydrogens (tertiary/aromatic N) is 1. The zero-order valence-corrected chi connectivity index (χ0v) is 19.2. The summed E-state index contributed by atoms with van der Waals surface area (Å²) >= 11 is 6.09. The zero-order chi connectivity index (χ0) is 22.9. The van der Waals surface area contributed by atoms with Gasteiger partial charge in [-0.2, -0.15) is 0 Å². The topological polar surface area (TPSA) is 46.6 Å². The van der Waals surface area contributed by atoms with Crippen LogP contribution in [-0.4, -0.2) is 17.5 Å². The van der Waals surface area contributed by atoms with Gasteiger partial charge in [0.1, 0.15) is 5.60 Å². The van der Waals surface area contributed by atoms with Gasteiger partial charge in [0.2, 0.25) is 5.91 Å². The molecule has 4 nitrogen and oxygen atoms in total. The maximum atomic E-state index is 13.8. The molecule has 0 spiro atoms. The first-order valence-electron chi connectivity index (χ1n) is 10.7. The highest BCUT2D eigenvalue weighted by Crippen LogP contribution is 2.46. The fourth-order valence-corrected chi connectivity index (χ4v) is 4.29. The van der Waals surface area contributed by atoms with Crippen LogP contribution in [0.1, 0.15) is 49.3 Å². The van der Waals surface area contributed by atoms with Crippen LogP contribution in [0.2, 0.25) is 5.02 Å². The van der Waals surface area contributed by atoms with Gasteiger partial charge in [-0.05, 0) is 55.7 Å². The van der Waals surface area contributed by atoms with E-state index >= 15 is 0 Å². The summed E-state index contributed by atoms with van der Waals surface area (Å²) in [6, 6.07) is 24.6. The molecule has 2 unspecified atom stereocenters. The Morgan fingerprint density at radius 3 is 2.25 bits per heavy atom. The first kappa shape index (κ1) is 22.1. The minimum Gasteiger partial charge on any atom is -0.459 e. The SMILES string of the molecule is CC(C)(C)OC(=O)C(c1ccc(Cl)cc1)C1C(=O)N(Cc2ccccc2)c2ccccc21. The number of amides is 1. The first-order chi connectivity index (χ1) is 15.2. The third kappa shape index (κ3) is 4.56. The summed E-state index contributed by atoms with van der Waals surface area (Å²) in [5.74, 6) is -1.98. The van der Waals surface area contributed by atoms with Crippen LogP contribution in [0.25, 0.3) is 0 Å². The van der Waals surface area contributed by atoms with E-state index in [2.05, 4.69) is 0 Å². The van der Waals surface area contributed by atoms with Crippen LogP contribution in [0.5, 0.6) is 0 Å². The Bertz CT molecular complexity index is 1120. The highest BCUT2D eigenvalue weighted by molar-refractivity contribution is 6.30. The second-order valence-corrected chi connectivity index (χ2v) is 9.45. The smallest absolute Gasteiger partial charge is 0.315 e. The third-order valence-electron chi connectivity index (χ3n) is 5.50. The minimum atomic E-state index is -0.777. The molecule has 0 bridgehead atoms. The number of para-hydroxylation sites is 1. The van der Waals surface area contributed by atoms with Gasteiger partial charge in [0.15, 0.2) is 0 Å². The number of benzene rings is 3. The molecule has 1 aliphatic heterocycles. The summed E-state index contributed by atoms with van der Waals surface area (Å²) in [6.07, 6.45) is 0. The van der Waals surface area contributed by atoms with E-state index in [1.807, 2.05) is 75.4 Å². The van der Waals surface area contributed by atoms with E-state index in [0.29, 0.717) is 17.1 Å². The van der Waals surface area contributed by atoms with Crippen molar-refractivity contribution in [2.24, 2.45) is 0 Å². The largest absolute Gasteiger partial charge is 0.459 e. The molecule has 4 rings (SSSR count). The van der Waals surface area contributed by atoms with Gasteiger partial charge in [-0.1, -0.05) is 72.3 Å². The Labute approximate surface area is 193 Å². The van der Waals surface area contributed by atoms with Gasteiger partial charge in [0.25, 0.3) is 0 Å². The number of fused-ring (bicyclic) bond motifs is 1. The van der Waals surface area contributed by atoms with Crippen molar-refractivity contribution in [3.05, 3.63) is 101 Å². The van der Waals surface area contributed by atoms with E-state index in [0.717, 1.165) is 16.8 Å². The van der Waals surface area contributed by atoms with E-state index < -0.39 is 23.4 Å². The molecule has 0 saturated heterocycles. The lowest BCUT2D eigenvalue weighted by Gasteiger charge is -2.27. The molecule has 164 valence electrons. The molecule has 0 fully saturated rings. The molecule has 0 aromatic heterocycles. The number of hydrogen-bond donors (Lipinski definition) is 0. The van der Waals surface area contributed by atoms with Gasteiger partial charge in [0.05, 0.1) is 18.4 Å². The normalized spacial score (nSPS) is 16.6. The van der Waals surface area contributed by atoms with Crippen molar-refractivity contribution in [1.29, 1.82) is 0 Å². The highest BCUT2D eigenvalue weighted by atomic mass is 35.5. The van der Waals surface area contributed by atoms with Crippen LogP contribution < -0.4 is 4.90 Å². The molecule has 1 heterocycles. The Morgan fingerprint density at radius 2 is 1.59 bits per heavy atom. The van der Waals surface area contributed by atoms with Crippen molar-refractivity contribution in [1.82, 2.24) is 0 Å². The number of carbonyl (C=O) groups excluding carboxylic acids is 2. The molecule has 0 saturated carbocycles. The van der Waals surface area contributed by atoms with Gasteiger partial charge in [-0.25, -0.2) is 0 Å². The Morgan fingerprint density at radius 1 is 0.969 bits per heavy atom. The van der Waals surface area contributed by atoms with Crippen molar-refractivity contribution in [3.63, 3.8) is 0 Å². The van der Waals surface area contributed by atoms with Crippen molar-refractivity contribution in [2.45, 2.75) is 44.8 Å². The number of esters is 1. The molecule has 0 radical (unpaired) electrons. The molecular weight excluding hydrogens is 422 g/mol. The van der Waals surface area contributed by atoms with Crippen molar-refractivity contribution in [3.8, 4) is 0 Å². The molecule has 5 heteroatoms. The maximum absolute atomic E-state index is 13.8. The second kappa shape index (κ2) is 8.79. The van der Waals surface area contributed by atoms with Gasteiger partial charge in [-0.15, -0.1) is 0 Å². The molecule has 0 N–H and O–H groups in total. The van der Waals surface area contributed by atoms with Crippen molar-refractivity contribution >= 4 is 29.2 Å². The summed E-state index contributed by atoms with van der Waals surface area (Å²) in [5, 5.41) is 0.570. The molecule has 3 aromatic carbocycles. The van der Waals surface area contributed by atoms with E-state index in [9.17, 15) is 9.59 Å². The lowest BCUT2D eigenvalue weighted by Crippen LogP contribution is -2.35. The Kier molecular flexibility index (Phi) is 6.07. The van der Waals surface area contributed by atoms with E-state index in [4.69, 9.17) is 16.3 Å². The summed E-state index contributed by atoms with van der Waals surface area (Å²) in [6.45, 7) is 5.93. The number of anilines is 1. The average molecular weight is 448 g/mol. The van der Waals surface area contributed by atoms with Crippen molar-refractivity contribution < 1.29 is 14.3 Å². The van der Waals surface area contributed by atoms with Crippen LogP contribution in [0.3, 0.4) is 0 Å². The van der Waals surface area contributed by atoms with E-state index in [1.165, 1.54) is 0 Å². The molecule has 2 atom stereocenters. The molecular formula is C27H26ClNO3. The second-order valence-electron chi connectivity index (χ2n) is 9.01.